The number of nitro benzene ring substituents is 1. The number of nitrogens with one attached hydrogen (secondary N) is 2. The summed E-state index contributed by atoms with van der Waals surface area (Å²) in [6.07, 6.45) is 1.37. The number of hydrogen-bond acceptors (Lipinski definition) is 7. The number of benzene rings is 2. The summed E-state index contributed by atoms with van der Waals surface area (Å²) in [5.74, 6) is -1.40. The quantitative estimate of drug-likeness (QED) is 0.469. The van der Waals surface area contributed by atoms with Crippen LogP contribution in [0.25, 0.3) is 0 Å². The molecule has 0 aliphatic carbocycles. The van der Waals surface area contributed by atoms with Gasteiger partial charge in [0.05, 0.1) is 22.8 Å². The summed E-state index contributed by atoms with van der Waals surface area (Å²) >= 11 is 5.74. The van der Waals surface area contributed by atoms with Crippen molar-refractivity contribution >= 4 is 40.8 Å². The highest BCUT2D eigenvalue weighted by molar-refractivity contribution is 6.33. The second-order valence-electron chi connectivity index (χ2n) is 4.64. The lowest BCUT2D eigenvalue weighted by Crippen LogP contribution is -2.22. The molecule has 9 heteroatoms. The summed E-state index contributed by atoms with van der Waals surface area (Å²) in [5.41, 5.74) is 3.67. The van der Waals surface area contributed by atoms with Crippen LogP contribution >= 0.6 is 11.6 Å². The Morgan fingerprint density at radius 1 is 1.29 bits per heavy atom. The summed E-state index contributed by atoms with van der Waals surface area (Å²) in [6.45, 7) is 0. The number of carboxylic acid groups (broad SMARTS) is 1. The average Bonchev–Trinajstić information content (AvgIpc) is 2.56. The van der Waals surface area contributed by atoms with Crippen LogP contribution in [0.1, 0.15) is 15.9 Å². The number of anilines is 2. The van der Waals surface area contributed by atoms with Gasteiger partial charge in [-0.3, -0.25) is 15.5 Å². The van der Waals surface area contributed by atoms with Crippen molar-refractivity contribution in [3.8, 4) is 0 Å². The molecule has 8 nitrogen and oxygen atoms in total. The van der Waals surface area contributed by atoms with Gasteiger partial charge < -0.3 is 15.2 Å². The van der Waals surface area contributed by atoms with E-state index < -0.39 is 10.9 Å². The summed E-state index contributed by atoms with van der Waals surface area (Å²) in [7, 11) is 1.59. The number of hydrogen-bond donors (Lipinski definition) is 2. The van der Waals surface area contributed by atoms with Gasteiger partial charge in [-0.25, -0.2) is 0 Å². The van der Waals surface area contributed by atoms with Gasteiger partial charge >= 0.3 is 0 Å². The summed E-state index contributed by atoms with van der Waals surface area (Å²) in [5, 5.41) is 28.6. The van der Waals surface area contributed by atoms with E-state index in [1.165, 1.54) is 24.4 Å². The molecule has 0 heterocycles. The van der Waals surface area contributed by atoms with Crippen LogP contribution in [-0.4, -0.2) is 24.2 Å². The third kappa shape index (κ3) is 3.99. The molecule has 2 rings (SSSR count). The topological polar surface area (TPSA) is 120 Å². The first-order valence-electron chi connectivity index (χ1n) is 6.68. The smallest absolute Gasteiger partial charge is 0.292 e. The van der Waals surface area contributed by atoms with E-state index >= 15 is 0 Å². The van der Waals surface area contributed by atoms with Crippen LogP contribution in [0.2, 0.25) is 5.02 Å². The molecule has 124 valence electrons. The Balaban J connectivity index is 2.18. The molecule has 0 saturated carbocycles. The van der Waals surface area contributed by atoms with Gasteiger partial charge in [0.25, 0.3) is 5.69 Å². The Labute approximate surface area is 141 Å². The molecule has 0 bridgehead atoms. The highest BCUT2D eigenvalue weighted by Crippen LogP contribution is 2.24. The Morgan fingerprint density at radius 2 is 2.04 bits per heavy atom. The molecule has 2 N–H and O–H groups in total. The van der Waals surface area contributed by atoms with Gasteiger partial charge in [-0.2, -0.15) is 5.10 Å². The fourth-order valence-corrected chi connectivity index (χ4v) is 2.12. The maximum Gasteiger partial charge on any atom is 0.292 e. The monoisotopic (exact) mass is 347 g/mol. The van der Waals surface area contributed by atoms with Crippen molar-refractivity contribution in [2.24, 2.45) is 5.10 Å². The van der Waals surface area contributed by atoms with Crippen LogP contribution in [0.15, 0.2) is 41.5 Å². The summed E-state index contributed by atoms with van der Waals surface area (Å²) < 4.78 is 0. The van der Waals surface area contributed by atoms with E-state index in [9.17, 15) is 20.0 Å². The zero-order valence-electron chi connectivity index (χ0n) is 12.4. The van der Waals surface area contributed by atoms with E-state index in [-0.39, 0.29) is 16.3 Å². The van der Waals surface area contributed by atoms with Gasteiger partial charge in [0.1, 0.15) is 5.69 Å². The molecule has 0 aliphatic rings. The van der Waals surface area contributed by atoms with Crippen LogP contribution in [0.4, 0.5) is 17.1 Å². The Hall–Kier alpha value is -3.13. The molecule has 2 aromatic rings. The molecule has 0 atom stereocenters. The van der Waals surface area contributed by atoms with E-state index in [4.69, 9.17) is 11.6 Å². The first kappa shape index (κ1) is 17.2. The van der Waals surface area contributed by atoms with Gasteiger partial charge in [-0.15, -0.1) is 0 Å². The fourth-order valence-electron chi connectivity index (χ4n) is 1.92. The number of carbonyl (C=O) groups is 1. The molecule has 0 fully saturated rings. The number of aromatic carboxylic acids is 1. The minimum absolute atomic E-state index is 0.0582. The van der Waals surface area contributed by atoms with E-state index in [2.05, 4.69) is 15.8 Å². The molecular formula is C15H12ClN4O4-. The van der Waals surface area contributed by atoms with Gasteiger partial charge in [0.2, 0.25) is 0 Å². The highest BCUT2D eigenvalue weighted by Gasteiger charge is 2.12. The number of nitro groups is 1. The standard InChI is InChI=1S/C15H13ClN4O4/c1-17-13-5-2-9(6-14(13)20(23)24)8-18-19-10-3-4-12(16)11(7-10)15(21)22/h2-8,17,19H,1H3,(H,21,22)/p-1/b18-8-. The number of halogens is 1. The number of nitrogens with zero attached hydrogens (tertiary/aromatic N) is 2. The molecule has 0 aromatic heterocycles. The van der Waals surface area contributed by atoms with Gasteiger partial charge in [-0.05, 0) is 24.3 Å². The van der Waals surface area contributed by atoms with E-state index in [0.29, 0.717) is 16.9 Å². The van der Waals surface area contributed by atoms with Crippen molar-refractivity contribution in [3.63, 3.8) is 0 Å². The number of carboxylic acids is 1. The minimum atomic E-state index is -1.40. The predicted molar refractivity (Wildman–Crippen MR) is 89.6 cm³/mol. The average molecular weight is 348 g/mol. The third-order valence-corrected chi connectivity index (χ3v) is 3.41. The van der Waals surface area contributed by atoms with E-state index in [1.807, 2.05) is 0 Å². The lowest BCUT2D eigenvalue weighted by atomic mass is 10.2. The van der Waals surface area contributed by atoms with Crippen molar-refractivity contribution in [3.05, 3.63) is 62.7 Å². The van der Waals surface area contributed by atoms with Crippen molar-refractivity contribution in [1.29, 1.82) is 0 Å². The molecule has 0 unspecified atom stereocenters. The van der Waals surface area contributed by atoms with Crippen LogP contribution < -0.4 is 15.8 Å². The fraction of sp³-hybridized carbons (Fsp3) is 0.0667. The lowest BCUT2D eigenvalue weighted by molar-refractivity contribution is -0.383. The zero-order chi connectivity index (χ0) is 17.7. The van der Waals surface area contributed by atoms with Crippen LogP contribution in [0, 0.1) is 10.1 Å². The number of rotatable bonds is 6. The zero-order valence-corrected chi connectivity index (χ0v) is 13.2. The molecule has 0 aliphatic heterocycles. The predicted octanol–water partition coefficient (Wildman–Crippen LogP) is 2.10. The van der Waals surface area contributed by atoms with Crippen LogP contribution in [0.3, 0.4) is 0 Å². The van der Waals surface area contributed by atoms with Crippen molar-refractivity contribution < 1.29 is 14.8 Å². The highest BCUT2D eigenvalue weighted by atomic mass is 35.5. The molecule has 24 heavy (non-hydrogen) atoms. The Kier molecular flexibility index (Phi) is 5.33. The normalized spacial score (nSPS) is 10.6. The van der Waals surface area contributed by atoms with Gasteiger partial charge in [0.15, 0.2) is 0 Å². The van der Waals surface area contributed by atoms with E-state index in [1.54, 1.807) is 25.2 Å². The van der Waals surface area contributed by atoms with Crippen LogP contribution in [-0.2, 0) is 0 Å². The Morgan fingerprint density at radius 3 is 2.67 bits per heavy atom. The van der Waals surface area contributed by atoms with Gasteiger partial charge in [-0.1, -0.05) is 17.7 Å². The molecule has 0 spiro atoms. The Bertz CT molecular complexity index is 823. The SMILES string of the molecule is CNc1ccc(/C=N\Nc2ccc(Cl)c(C(=O)[O-])c2)cc1[N+](=O)[O-]. The minimum Gasteiger partial charge on any atom is -0.545 e. The third-order valence-electron chi connectivity index (χ3n) is 3.08. The first-order chi connectivity index (χ1) is 11.4. The summed E-state index contributed by atoms with van der Waals surface area (Å²) in [6, 6.07) is 8.80. The lowest BCUT2D eigenvalue weighted by Gasteiger charge is -2.07. The number of hydrazone groups is 1. The van der Waals surface area contributed by atoms with Gasteiger partial charge in [0, 0.05) is 29.3 Å². The molecule has 2 aromatic carbocycles. The maximum atomic E-state index is 11.0. The summed E-state index contributed by atoms with van der Waals surface area (Å²) in [4.78, 5) is 21.4. The van der Waals surface area contributed by atoms with Crippen molar-refractivity contribution in [2.45, 2.75) is 0 Å². The molecule has 0 amide bonds. The maximum absolute atomic E-state index is 11.0. The van der Waals surface area contributed by atoms with Crippen LogP contribution in [0.5, 0.6) is 0 Å². The molecular weight excluding hydrogens is 336 g/mol. The van der Waals surface area contributed by atoms with E-state index in [0.717, 1.165) is 0 Å². The molecule has 0 saturated heterocycles. The number of carbonyl (C=O) groups excluding carboxylic acids is 1. The second-order valence-corrected chi connectivity index (χ2v) is 5.04. The van der Waals surface area contributed by atoms with Crippen molar-refractivity contribution in [2.75, 3.05) is 17.8 Å². The second kappa shape index (κ2) is 7.42. The largest absolute Gasteiger partial charge is 0.545 e. The van der Waals surface area contributed by atoms with Crippen molar-refractivity contribution in [1.82, 2.24) is 0 Å². The first-order valence-corrected chi connectivity index (χ1v) is 7.06. The molecule has 0 radical (unpaired) electrons.